The summed E-state index contributed by atoms with van der Waals surface area (Å²) in [6.07, 6.45) is 0.843. The monoisotopic (exact) mass is 481 g/mol. The molecule has 1 heterocycles. The first-order valence-electron chi connectivity index (χ1n) is 11.1. The molecule has 1 amide bonds. The number of thioether (sulfide) groups is 1. The summed E-state index contributed by atoms with van der Waals surface area (Å²) in [6, 6.07) is 6.92. The molecule has 0 saturated carbocycles. The zero-order valence-corrected chi connectivity index (χ0v) is 21.5. The molecule has 1 N–H and O–H groups in total. The summed E-state index contributed by atoms with van der Waals surface area (Å²) in [6.45, 7) is 13.3. The van der Waals surface area contributed by atoms with Crippen LogP contribution in [0.2, 0.25) is 0 Å². The van der Waals surface area contributed by atoms with Crippen molar-refractivity contribution in [3.8, 4) is 11.4 Å². The molecule has 1 unspecified atom stereocenters. The Kier molecular flexibility index (Phi) is 9.72. The van der Waals surface area contributed by atoms with Gasteiger partial charge in [0.1, 0.15) is 0 Å². The van der Waals surface area contributed by atoms with Crippen LogP contribution in [0.4, 0.5) is 0 Å². The van der Waals surface area contributed by atoms with Gasteiger partial charge in [0, 0.05) is 31.2 Å². The zero-order chi connectivity index (χ0) is 23.9. The number of carbonyl (C=O) groups is 1. The van der Waals surface area contributed by atoms with Crippen LogP contribution in [0.25, 0.3) is 11.4 Å². The first-order chi connectivity index (χ1) is 15.1. The second kappa shape index (κ2) is 11.8. The topological polar surface area (TPSA) is 97.2 Å². The lowest BCUT2D eigenvalue weighted by Crippen LogP contribution is -2.30. The van der Waals surface area contributed by atoms with Gasteiger partial charge in [0.2, 0.25) is 15.9 Å². The molecule has 0 spiro atoms. The van der Waals surface area contributed by atoms with Gasteiger partial charge in [-0.3, -0.25) is 9.36 Å². The minimum absolute atomic E-state index is 0.0451. The van der Waals surface area contributed by atoms with E-state index in [-0.39, 0.29) is 22.6 Å². The molecule has 8 nitrogen and oxygen atoms in total. The summed E-state index contributed by atoms with van der Waals surface area (Å²) in [5.41, 5.74) is 0.683. The number of nitrogens with zero attached hydrogens (tertiary/aromatic N) is 4. The van der Waals surface area contributed by atoms with E-state index >= 15 is 0 Å². The van der Waals surface area contributed by atoms with Crippen LogP contribution < -0.4 is 5.32 Å². The van der Waals surface area contributed by atoms with Crippen LogP contribution in [-0.2, 0) is 14.8 Å². The number of rotatable bonds is 12. The van der Waals surface area contributed by atoms with Crippen molar-refractivity contribution in [2.75, 3.05) is 25.4 Å². The van der Waals surface area contributed by atoms with Crippen LogP contribution in [-0.4, -0.2) is 58.8 Å². The van der Waals surface area contributed by atoms with E-state index in [9.17, 15) is 13.2 Å². The number of benzene rings is 1. The molecule has 0 bridgehead atoms. The van der Waals surface area contributed by atoms with E-state index in [1.54, 1.807) is 18.2 Å². The minimum Gasteiger partial charge on any atom is -0.355 e. The Bertz CT molecular complexity index is 1000. The highest BCUT2D eigenvalue weighted by molar-refractivity contribution is 7.99. The molecule has 0 aliphatic carbocycles. The fraction of sp³-hybridized carbons (Fsp3) is 0.591. The lowest BCUT2D eigenvalue weighted by molar-refractivity contribution is -0.118. The number of nitrogens with one attached hydrogen (secondary N) is 1. The Morgan fingerprint density at radius 2 is 1.84 bits per heavy atom. The second-order valence-corrected chi connectivity index (χ2v) is 10.9. The Hall–Kier alpha value is -1.91. The summed E-state index contributed by atoms with van der Waals surface area (Å²) in [7, 11) is -3.58. The first kappa shape index (κ1) is 26.3. The van der Waals surface area contributed by atoms with E-state index in [2.05, 4.69) is 29.4 Å². The van der Waals surface area contributed by atoms with Gasteiger partial charge < -0.3 is 5.32 Å². The summed E-state index contributed by atoms with van der Waals surface area (Å²) in [5.74, 6) is 1.19. The van der Waals surface area contributed by atoms with Gasteiger partial charge in [-0.1, -0.05) is 58.5 Å². The first-order valence-corrected chi connectivity index (χ1v) is 13.5. The molecule has 10 heteroatoms. The highest BCUT2D eigenvalue weighted by Gasteiger charge is 2.24. The largest absolute Gasteiger partial charge is 0.355 e. The van der Waals surface area contributed by atoms with Crippen molar-refractivity contribution in [3.05, 3.63) is 24.3 Å². The van der Waals surface area contributed by atoms with Crippen molar-refractivity contribution >= 4 is 27.7 Å². The summed E-state index contributed by atoms with van der Waals surface area (Å²) >= 11 is 1.34. The molecule has 2 rings (SSSR count). The standard InChI is InChI=1S/C22H35N5O3S2/c1-7-17(6)27-21(24-25-22(27)31-15-20(28)23-14-16(4)5)18-11-10-12-19(13-18)32(29,30)26(8-2)9-3/h10-13,16-17H,7-9,14-15H2,1-6H3,(H,23,28). The molecule has 0 radical (unpaired) electrons. The fourth-order valence-corrected chi connectivity index (χ4v) is 5.53. The van der Waals surface area contributed by atoms with E-state index in [0.29, 0.717) is 42.1 Å². The maximum Gasteiger partial charge on any atom is 0.243 e. The summed E-state index contributed by atoms with van der Waals surface area (Å²) in [4.78, 5) is 12.4. The van der Waals surface area contributed by atoms with Crippen LogP contribution in [0, 0.1) is 5.92 Å². The second-order valence-electron chi connectivity index (χ2n) is 8.04. The molecule has 0 saturated heterocycles. The number of aromatic nitrogens is 3. The SMILES string of the molecule is CCC(C)n1c(SCC(=O)NCC(C)C)nnc1-c1cccc(S(=O)(=O)N(CC)CC)c1. The highest BCUT2D eigenvalue weighted by Crippen LogP contribution is 2.30. The Morgan fingerprint density at radius 3 is 2.44 bits per heavy atom. The normalized spacial score (nSPS) is 13.0. The van der Waals surface area contributed by atoms with Gasteiger partial charge in [0.15, 0.2) is 11.0 Å². The van der Waals surface area contributed by atoms with Crippen molar-refractivity contribution in [3.63, 3.8) is 0 Å². The van der Waals surface area contributed by atoms with Crippen LogP contribution >= 0.6 is 11.8 Å². The summed E-state index contributed by atoms with van der Waals surface area (Å²) in [5, 5.41) is 12.2. The van der Waals surface area contributed by atoms with Gasteiger partial charge in [0.25, 0.3) is 0 Å². The zero-order valence-electron chi connectivity index (χ0n) is 19.8. The number of hydrogen-bond acceptors (Lipinski definition) is 6. The molecule has 2 aromatic rings. The van der Waals surface area contributed by atoms with Crippen molar-refractivity contribution in [2.45, 2.75) is 64.1 Å². The van der Waals surface area contributed by atoms with Gasteiger partial charge in [-0.15, -0.1) is 10.2 Å². The van der Waals surface area contributed by atoms with Crippen LogP contribution in [0.1, 0.15) is 54.0 Å². The van der Waals surface area contributed by atoms with Crippen molar-refractivity contribution in [2.24, 2.45) is 5.92 Å². The predicted molar refractivity (Wildman–Crippen MR) is 129 cm³/mol. The van der Waals surface area contributed by atoms with Gasteiger partial charge in [-0.25, -0.2) is 8.42 Å². The molecule has 32 heavy (non-hydrogen) atoms. The summed E-state index contributed by atoms with van der Waals surface area (Å²) < 4.78 is 29.4. The number of amides is 1. The quantitative estimate of drug-likeness (QED) is 0.463. The van der Waals surface area contributed by atoms with Crippen molar-refractivity contribution < 1.29 is 13.2 Å². The average molecular weight is 482 g/mol. The smallest absolute Gasteiger partial charge is 0.243 e. The molecule has 178 valence electrons. The van der Waals surface area contributed by atoms with Crippen LogP contribution in [0.5, 0.6) is 0 Å². The maximum atomic E-state index is 13.0. The molecule has 1 atom stereocenters. The van der Waals surface area contributed by atoms with E-state index in [0.717, 1.165) is 6.42 Å². The Labute approximate surface area is 196 Å². The molecule has 1 aromatic heterocycles. The predicted octanol–water partition coefficient (Wildman–Crippen LogP) is 3.81. The lowest BCUT2D eigenvalue weighted by atomic mass is 10.2. The molecular formula is C22H35N5O3S2. The van der Waals surface area contributed by atoms with Gasteiger partial charge in [-0.2, -0.15) is 4.31 Å². The average Bonchev–Trinajstić information content (AvgIpc) is 3.20. The van der Waals surface area contributed by atoms with Gasteiger partial charge in [-0.05, 0) is 31.4 Å². The molecule has 0 aliphatic rings. The fourth-order valence-electron chi connectivity index (χ4n) is 3.16. The third kappa shape index (κ3) is 6.32. The Balaban J connectivity index is 2.37. The molecule has 1 aromatic carbocycles. The van der Waals surface area contributed by atoms with Gasteiger partial charge in [0.05, 0.1) is 10.6 Å². The van der Waals surface area contributed by atoms with E-state index < -0.39 is 10.0 Å². The lowest BCUT2D eigenvalue weighted by Gasteiger charge is -2.19. The van der Waals surface area contributed by atoms with E-state index in [1.165, 1.54) is 16.1 Å². The van der Waals surface area contributed by atoms with Gasteiger partial charge >= 0.3 is 0 Å². The third-order valence-corrected chi connectivity index (χ3v) is 8.16. The highest BCUT2D eigenvalue weighted by atomic mass is 32.2. The molecule has 0 aliphatic heterocycles. The van der Waals surface area contributed by atoms with Crippen LogP contribution in [0.3, 0.4) is 0 Å². The Morgan fingerprint density at radius 1 is 1.16 bits per heavy atom. The third-order valence-electron chi connectivity index (χ3n) is 5.17. The van der Waals surface area contributed by atoms with E-state index in [4.69, 9.17) is 0 Å². The number of hydrogen-bond donors (Lipinski definition) is 1. The maximum absolute atomic E-state index is 13.0. The van der Waals surface area contributed by atoms with Crippen LogP contribution in [0.15, 0.2) is 34.3 Å². The number of carbonyl (C=O) groups excluding carboxylic acids is 1. The molecule has 0 fully saturated rings. The minimum atomic E-state index is -3.58. The van der Waals surface area contributed by atoms with E-state index in [1.807, 2.05) is 38.3 Å². The van der Waals surface area contributed by atoms with Crippen molar-refractivity contribution in [1.29, 1.82) is 0 Å². The van der Waals surface area contributed by atoms with Crippen molar-refractivity contribution in [1.82, 2.24) is 24.4 Å². The molecular weight excluding hydrogens is 446 g/mol. The number of sulfonamides is 1.